The van der Waals surface area contributed by atoms with Gasteiger partial charge in [0.05, 0.1) is 29.5 Å². The van der Waals surface area contributed by atoms with E-state index in [9.17, 15) is 13.2 Å². The summed E-state index contributed by atoms with van der Waals surface area (Å²) >= 11 is 0. The fraction of sp³-hybridized carbons (Fsp3) is 0.333. The molecule has 1 atom stereocenters. The van der Waals surface area contributed by atoms with Crippen LogP contribution in [0.25, 0.3) is 0 Å². The van der Waals surface area contributed by atoms with E-state index in [1.807, 2.05) is 42.5 Å². The Kier molecular flexibility index (Phi) is 7.31. The SMILES string of the molecule is O=C1Nc2ccc(S(=O)(=O)NCC3CC3)cc2C1C(=Nc1ccc(CN2CCOCC2)cc1)c1ccccc1. The molecule has 0 aromatic heterocycles. The molecule has 1 amide bonds. The molecule has 1 saturated heterocycles. The monoisotopic (exact) mass is 544 g/mol. The molecule has 0 bridgehead atoms. The van der Waals surface area contributed by atoms with Crippen molar-refractivity contribution in [3.05, 3.63) is 89.5 Å². The Bertz CT molecular complexity index is 1480. The van der Waals surface area contributed by atoms with Crippen LogP contribution in [0.15, 0.2) is 82.7 Å². The minimum absolute atomic E-state index is 0.156. The minimum Gasteiger partial charge on any atom is -0.379 e. The van der Waals surface area contributed by atoms with E-state index < -0.39 is 15.9 Å². The fourth-order valence-electron chi connectivity index (χ4n) is 5.05. The molecule has 9 heteroatoms. The number of rotatable bonds is 9. The summed E-state index contributed by atoms with van der Waals surface area (Å²) in [7, 11) is -3.68. The van der Waals surface area contributed by atoms with Crippen molar-refractivity contribution in [2.45, 2.75) is 30.2 Å². The van der Waals surface area contributed by atoms with Gasteiger partial charge in [-0.1, -0.05) is 42.5 Å². The number of ether oxygens (including phenoxy) is 1. The van der Waals surface area contributed by atoms with Gasteiger partial charge in [-0.25, -0.2) is 13.1 Å². The quantitative estimate of drug-likeness (QED) is 0.396. The smallest absolute Gasteiger partial charge is 0.240 e. The van der Waals surface area contributed by atoms with Crippen LogP contribution >= 0.6 is 0 Å². The molecule has 2 fully saturated rings. The lowest BCUT2D eigenvalue weighted by molar-refractivity contribution is -0.115. The maximum atomic E-state index is 13.3. The third kappa shape index (κ3) is 5.96. The Hall–Kier alpha value is -3.37. The predicted octanol–water partition coefficient (Wildman–Crippen LogP) is 4.06. The highest BCUT2D eigenvalue weighted by Crippen LogP contribution is 2.38. The first-order chi connectivity index (χ1) is 19.0. The molecular weight excluding hydrogens is 512 g/mol. The number of anilines is 1. The molecule has 2 N–H and O–H groups in total. The van der Waals surface area contributed by atoms with Gasteiger partial charge in [-0.2, -0.15) is 0 Å². The number of aliphatic imine (C=N–C) groups is 1. The summed E-state index contributed by atoms with van der Waals surface area (Å²) in [5.74, 6) is -0.548. The molecular formula is C30H32N4O4S. The number of nitrogens with one attached hydrogen (secondary N) is 2. The third-order valence-electron chi connectivity index (χ3n) is 7.46. The maximum absolute atomic E-state index is 13.3. The molecule has 3 aliphatic rings. The number of sulfonamides is 1. The zero-order valence-electron chi connectivity index (χ0n) is 21.7. The van der Waals surface area contributed by atoms with Gasteiger partial charge in [0.25, 0.3) is 0 Å². The van der Waals surface area contributed by atoms with Gasteiger partial charge in [-0.3, -0.25) is 14.7 Å². The highest BCUT2D eigenvalue weighted by atomic mass is 32.2. The van der Waals surface area contributed by atoms with E-state index in [1.54, 1.807) is 18.2 Å². The molecule has 1 aliphatic carbocycles. The summed E-state index contributed by atoms with van der Waals surface area (Å²) in [6.45, 7) is 4.65. The minimum atomic E-state index is -3.68. The molecule has 0 radical (unpaired) electrons. The summed E-state index contributed by atoms with van der Waals surface area (Å²) in [5, 5.41) is 2.93. The van der Waals surface area contributed by atoms with Crippen molar-refractivity contribution in [1.82, 2.24) is 9.62 Å². The lowest BCUT2D eigenvalue weighted by atomic mass is 9.90. The summed E-state index contributed by atoms with van der Waals surface area (Å²) in [4.78, 5) is 20.8. The van der Waals surface area contributed by atoms with Crippen LogP contribution < -0.4 is 10.0 Å². The number of carbonyl (C=O) groups is 1. The van der Waals surface area contributed by atoms with Crippen LogP contribution in [0.4, 0.5) is 11.4 Å². The van der Waals surface area contributed by atoms with E-state index in [0.717, 1.165) is 56.9 Å². The van der Waals surface area contributed by atoms with E-state index in [4.69, 9.17) is 9.73 Å². The Morgan fingerprint density at radius 3 is 2.46 bits per heavy atom. The number of fused-ring (bicyclic) bond motifs is 1. The number of benzene rings is 3. The maximum Gasteiger partial charge on any atom is 0.240 e. The predicted molar refractivity (Wildman–Crippen MR) is 151 cm³/mol. The third-order valence-corrected chi connectivity index (χ3v) is 8.88. The highest BCUT2D eigenvalue weighted by molar-refractivity contribution is 7.89. The summed E-state index contributed by atoms with van der Waals surface area (Å²) in [5.41, 5.74) is 4.53. The van der Waals surface area contributed by atoms with Crippen molar-refractivity contribution in [2.24, 2.45) is 10.9 Å². The van der Waals surface area contributed by atoms with Crippen LogP contribution in [0, 0.1) is 5.92 Å². The van der Waals surface area contributed by atoms with Crippen LogP contribution in [-0.4, -0.2) is 57.8 Å². The molecule has 3 aromatic rings. The average Bonchev–Trinajstić information content (AvgIpc) is 3.73. The Morgan fingerprint density at radius 1 is 1.00 bits per heavy atom. The van der Waals surface area contributed by atoms with Crippen molar-refractivity contribution in [3.63, 3.8) is 0 Å². The molecule has 0 spiro atoms. The van der Waals surface area contributed by atoms with E-state index >= 15 is 0 Å². The molecule has 202 valence electrons. The van der Waals surface area contributed by atoms with E-state index in [-0.39, 0.29) is 10.8 Å². The van der Waals surface area contributed by atoms with E-state index in [2.05, 4.69) is 27.1 Å². The van der Waals surface area contributed by atoms with Crippen LogP contribution in [0.1, 0.15) is 35.4 Å². The van der Waals surface area contributed by atoms with Crippen molar-refractivity contribution >= 4 is 33.0 Å². The number of amides is 1. The normalized spacial score (nSPS) is 20.1. The van der Waals surface area contributed by atoms with Gasteiger partial charge in [-0.15, -0.1) is 0 Å². The van der Waals surface area contributed by atoms with Gasteiger partial charge in [0.15, 0.2) is 0 Å². The van der Waals surface area contributed by atoms with Gasteiger partial charge < -0.3 is 10.1 Å². The lowest BCUT2D eigenvalue weighted by Gasteiger charge is -2.26. The van der Waals surface area contributed by atoms with Crippen LogP contribution in [-0.2, 0) is 26.1 Å². The number of morpholine rings is 1. The first kappa shape index (κ1) is 25.9. The molecule has 1 unspecified atom stereocenters. The van der Waals surface area contributed by atoms with Crippen LogP contribution in [0.3, 0.4) is 0 Å². The molecule has 1 saturated carbocycles. The summed E-state index contributed by atoms with van der Waals surface area (Å²) in [6, 6.07) is 22.5. The first-order valence-electron chi connectivity index (χ1n) is 13.4. The number of hydrogen-bond acceptors (Lipinski definition) is 6. The second-order valence-electron chi connectivity index (χ2n) is 10.4. The van der Waals surface area contributed by atoms with Gasteiger partial charge >= 0.3 is 0 Å². The lowest BCUT2D eigenvalue weighted by Crippen LogP contribution is -2.35. The summed E-state index contributed by atoms with van der Waals surface area (Å²) in [6.07, 6.45) is 2.11. The second-order valence-corrected chi connectivity index (χ2v) is 12.2. The number of nitrogens with zero attached hydrogens (tertiary/aromatic N) is 2. The molecule has 3 aromatic carbocycles. The molecule has 2 aliphatic heterocycles. The van der Waals surface area contributed by atoms with Gasteiger partial charge in [0.1, 0.15) is 5.92 Å². The zero-order valence-corrected chi connectivity index (χ0v) is 22.5. The molecule has 39 heavy (non-hydrogen) atoms. The van der Waals surface area contributed by atoms with E-state index in [0.29, 0.717) is 29.4 Å². The second kappa shape index (κ2) is 11.0. The molecule has 2 heterocycles. The largest absolute Gasteiger partial charge is 0.379 e. The number of hydrogen-bond donors (Lipinski definition) is 2. The fourth-order valence-corrected chi connectivity index (χ4v) is 6.20. The van der Waals surface area contributed by atoms with Crippen molar-refractivity contribution in [2.75, 3.05) is 38.2 Å². The topological polar surface area (TPSA) is 100 Å². The highest BCUT2D eigenvalue weighted by Gasteiger charge is 2.36. The first-order valence-corrected chi connectivity index (χ1v) is 14.9. The van der Waals surface area contributed by atoms with Crippen LogP contribution in [0.5, 0.6) is 0 Å². The molecule has 8 nitrogen and oxygen atoms in total. The average molecular weight is 545 g/mol. The molecule has 6 rings (SSSR count). The Labute approximate surface area is 229 Å². The van der Waals surface area contributed by atoms with Crippen molar-refractivity contribution in [3.8, 4) is 0 Å². The van der Waals surface area contributed by atoms with Crippen LogP contribution in [0.2, 0.25) is 0 Å². The Balaban J connectivity index is 1.32. The van der Waals surface area contributed by atoms with Gasteiger partial charge in [-0.05, 0) is 65.8 Å². The standard InChI is InChI=1S/C30H32N4O4S/c35-30-28(26-18-25(12-13-27(26)33-30)39(36,37)31-19-21-6-7-21)29(23-4-2-1-3-5-23)32-24-10-8-22(9-11-24)20-34-14-16-38-17-15-34/h1-5,8-13,18,21,28,31H,6-7,14-17,19-20H2,(H,33,35). The van der Waals surface area contributed by atoms with Gasteiger partial charge in [0.2, 0.25) is 15.9 Å². The van der Waals surface area contributed by atoms with E-state index in [1.165, 1.54) is 5.56 Å². The Morgan fingerprint density at radius 2 is 1.74 bits per heavy atom. The summed E-state index contributed by atoms with van der Waals surface area (Å²) < 4.78 is 34.2. The van der Waals surface area contributed by atoms with Crippen molar-refractivity contribution in [1.29, 1.82) is 0 Å². The number of carbonyl (C=O) groups excluding carboxylic acids is 1. The zero-order chi connectivity index (χ0) is 26.8. The van der Waals surface area contributed by atoms with Crippen molar-refractivity contribution < 1.29 is 17.9 Å². The van der Waals surface area contributed by atoms with Gasteiger partial charge in [0, 0.05) is 31.9 Å².